The summed E-state index contributed by atoms with van der Waals surface area (Å²) in [6.45, 7) is 12.8. The third-order valence-corrected chi connectivity index (χ3v) is 4.76. The zero-order valence-electron chi connectivity index (χ0n) is 16.6. The number of amides is 3. The molecule has 2 heterocycles. The normalized spacial score (nSPS) is 15.7. The van der Waals surface area contributed by atoms with Crippen LogP contribution in [0.2, 0.25) is 0 Å². The minimum Gasteiger partial charge on any atom is -0.325 e. The summed E-state index contributed by atoms with van der Waals surface area (Å²) < 4.78 is 0. The molecular weight excluding hydrogens is 330 g/mol. The Labute approximate surface area is 156 Å². The fraction of sp³-hybridized carbons (Fsp3) is 0.684. The zero-order valence-corrected chi connectivity index (χ0v) is 16.6. The minimum atomic E-state index is -0.118. The van der Waals surface area contributed by atoms with Crippen molar-refractivity contribution in [1.29, 1.82) is 0 Å². The van der Waals surface area contributed by atoms with Crippen LogP contribution < -0.4 is 5.32 Å². The molecule has 144 valence electrons. The van der Waals surface area contributed by atoms with Gasteiger partial charge in [-0.15, -0.1) is 0 Å². The Morgan fingerprint density at radius 2 is 1.69 bits per heavy atom. The molecule has 7 heteroatoms. The summed E-state index contributed by atoms with van der Waals surface area (Å²) in [5, 5.41) is 2.90. The highest BCUT2D eigenvalue weighted by atomic mass is 16.2. The second kappa shape index (κ2) is 8.47. The molecule has 0 saturated carbocycles. The third kappa shape index (κ3) is 4.93. The van der Waals surface area contributed by atoms with E-state index in [0.29, 0.717) is 44.7 Å². The summed E-state index contributed by atoms with van der Waals surface area (Å²) in [5.74, 6) is 0.642. The molecule has 0 aliphatic carbocycles. The van der Waals surface area contributed by atoms with E-state index in [9.17, 15) is 9.59 Å². The van der Waals surface area contributed by atoms with Crippen LogP contribution in [0, 0.1) is 5.92 Å². The van der Waals surface area contributed by atoms with Crippen LogP contribution >= 0.6 is 0 Å². The van der Waals surface area contributed by atoms with Crippen molar-refractivity contribution in [3.05, 3.63) is 18.2 Å². The van der Waals surface area contributed by atoms with Crippen molar-refractivity contribution >= 4 is 17.6 Å². The lowest BCUT2D eigenvalue weighted by atomic mass is 9.95. The zero-order chi connectivity index (χ0) is 19.3. The molecule has 0 bridgehead atoms. The lowest BCUT2D eigenvalue weighted by Crippen LogP contribution is -2.47. The van der Waals surface area contributed by atoms with Crippen molar-refractivity contribution in [2.24, 2.45) is 5.92 Å². The predicted octanol–water partition coefficient (Wildman–Crippen LogP) is 2.89. The number of hydrogen-bond donors (Lipinski definition) is 1. The largest absolute Gasteiger partial charge is 0.325 e. The van der Waals surface area contributed by atoms with Crippen molar-refractivity contribution in [2.75, 3.05) is 31.5 Å². The maximum atomic E-state index is 12.5. The first kappa shape index (κ1) is 20.1. The number of carbonyl (C=O) groups excluding carboxylic acids is 2. The van der Waals surface area contributed by atoms with Gasteiger partial charge in [-0.25, -0.2) is 14.8 Å². The van der Waals surface area contributed by atoms with E-state index in [1.807, 2.05) is 44.4 Å². The van der Waals surface area contributed by atoms with Crippen LogP contribution in [0.1, 0.15) is 53.3 Å². The number of anilines is 1. The Kier molecular flexibility index (Phi) is 6.56. The summed E-state index contributed by atoms with van der Waals surface area (Å²) in [4.78, 5) is 37.2. The smallest absolute Gasteiger partial charge is 0.319 e. The number of nitrogens with zero attached hydrogens (tertiary/aromatic N) is 4. The fourth-order valence-corrected chi connectivity index (χ4v) is 3.05. The Morgan fingerprint density at radius 3 is 2.15 bits per heavy atom. The van der Waals surface area contributed by atoms with Gasteiger partial charge in [-0.3, -0.25) is 4.79 Å². The standard InChI is InChI=1S/C19H31N5O2/c1-6-23(7-2)18(26)24-10-8-14(9-11-24)16(25)22-15-12-20-17(21-13-15)19(3,4)5/h12-14H,6-11H2,1-5H3,(H,22,25). The maximum Gasteiger partial charge on any atom is 0.319 e. The predicted molar refractivity (Wildman–Crippen MR) is 102 cm³/mol. The molecule has 26 heavy (non-hydrogen) atoms. The van der Waals surface area contributed by atoms with Gasteiger partial charge in [-0.1, -0.05) is 20.8 Å². The molecule has 0 spiro atoms. The average molecular weight is 361 g/mol. The monoisotopic (exact) mass is 361 g/mol. The topological polar surface area (TPSA) is 78.4 Å². The second-order valence-corrected chi connectivity index (χ2v) is 7.75. The van der Waals surface area contributed by atoms with Crippen molar-refractivity contribution in [1.82, 2.24) is 19.8 Å². The van der Waals surface area contributed by atoms with E-state index in [1.165, 1.54) is 0 Å². The van der Waals surface area contributed by atoms with Gasteiger partial charge in [-0.2, -0.15) is 0 Å². The van der Waals surface area contributed by atoms with Crippen molar-refractivity contribution in [3.63, 3.8) is 0 Å². The van der Waals surface area contributed by atoms with E-state index in [2.05, 4.69) is 15.3 Å². The van der Waals surface area contributed by atoms with Crippen LogP contribution in [-0.4, -0.2) is 57.9 Å². The van der Waals surface area contributed by atoms with Crippen molar-refractivity contribution in [3.8, 4) is 0 Å². The van der Waals surface area contributed by atoms with E-state index < -0.39 is 0 Å². The van der Waals surface area contributed by atoms with E-state index in [4.69, 9.17) is 0 Å². The van der Waals surface area contributed by atoms with Gasteiger partial charge in [0.2, 0.25) is 5.91 Å². The highest BCUT2D eigenvalue weighted by molar-refractivity contribution is 5.92. The first-order valence-electron chi connectivity index (χ1n) is 9.43. The Bertz CT molecular complexity index is 612. The molecule has 1 aliphatic rings. The molecule has 1 aromatic heterocycles. The lowest BCUT2D eigenvalue weighted by molar-refractivity contribution is -0.121. The Morgan fingerprint density at radius 1 is 1.15 bits per heavy atom. The number of aromatic nitrogens is 2. The van der Waals surface area contributed by atoms with Crippen LogP contribution in [0.4, 0.5) is 10.5 Å². The van der Waals surface area contributed by atoms with Crippen LogP contribution in [0.5, 0.6) is 0 Å². The van der Waals surface area contributed by atoms with E-state index in [-0.39, 0.29) is 23.3 Å². The van der Waals surface area contributed by atoms with Gasteiger partial charge in [0.05, 0.1) is 18.1 Å². The minimum absolute atomic E-state index is 0.0213. The molecule has 1 N–H and O–H groups in total. The molecule has 7 nitrogen and oxygen atoms in total. The molecule has 1 fully saturated rings. The summed E-state index contributed by atoms with van der Waals surface area (Å²) in [7, 11) is 0. The Hall–Kier alpha value is -2.18. The molecule has 1 aromatic rings. The summed E-state index contributed by atoms with van der Waals surface area (Å²) in [6.07, 6.45) is 4.68. The number of piperidine rings is 1. The van der Waals surface area contributed by atoms with Gasteiger partial charge in [0.25, 0.3) is 0 Å². The SMILES string of the molecule is CCN(CC)C(=O)N1CCC(C(=O)Nc2cnc(C(C)(C)C)nc2)CC1. The average Bonchev–Trinajstić information content (AvgIpc) is 2.62. The van der Waals surface area contributed by atoms with Crippen LogP contribution in [0.25, 0.3) is 0 Å². The van der Waals surface area contributed by atoms with Crippen LogP contribution in [0.15, 0.2) is 12.4 Å². The first-order valence-corrected chi connectivity index (χ1v) is 9.43. The molecule has 0 atom stereocenters. The number of urea groups is 1. The molecule has 1 aliphatic heterocycles. The van der Waals surface area contributed by atoms with E-state index >= 15 is 0 Å². The van der Waals surface area contributed by atoms with Gasteiger partial charge in [0, 0.05) is 37.5 Å². The quantitative estimate of drug-likeness (QED) is 0.894. The lowest BCUT2D eigenvalue weighted by Gasteiger charge is -2.34. The van der Waals surface area contributed by atoms with E-state index in [0.717, 1.165) is 5.82 Å². The maximum absolute atomic E-state index is 12.5. The second-order valence-electron chi connectivity index (χ2n) is 7.75. The molecule has 0 aromatic carbocycles. The number of nitrogens with one attached hydrogen (secondary N) is 1. The molecule has 0 radical (unpaired) electrons. The number of rotatable bonds is 4. The van der Waals surface area contributed by atoms with Gasteiger partial charge in [0.15, 0.2) is 0 Å². The van der Waals surface area contributed by atoms with Crippen LogP contribution in [-0.2, 0) is 10.2 Å². The van der Waals surface area contributed by atoms with Gasteiger partial charge >= 0.3 is 6.03 Å². The highest BCUT2D eigenvalue weighted by Crippen LogP contribution is 2.21. The summed E-state index contributed by atoms with van der Waals surface area (Å²) >= 11 is 0. The molecule has 1 saturated heterocycles. The third-order valence-electron chi connectivity index (χ3n) is 4.76. The summed E-state index contributed by atoms with van der Waals surface area (Å²) in [5.41, 5.74) is 0.497. The van der Waals surface area contributed by atoms with Gasteiger partial charge in [0.1, 0.15) is 5.82 Å². The van der Waals surface area contributed by atoms with Gasteiger partial charge in [-0.05, 0) is 26.7 Å². The molecular formula is C19H31N5O2. The number of carbonyl (C=O) groups is 2. The molecule has 3 amide bonds. The molecule has 0 unspecified atom stereocenters. The Balaban J connectivity index is 1.87. The molecule has 2 rings (SSSR count). The van der Waals surface area contributed by atoms with Crippen LogP contribution in [0.3, 0.4) is 0 Å². The number of likely N-dealkylation sites (tertiary alicyclic amines) is 1. The van der Waals surface area contributed by atoms with Crippen molar-refractivity contribution in [2.45, 2.75) is 52.9 Å². The van der Waals surface area contributed by atoms with E-state index in [1.54, 1.807) is 12.4 Å². The van der Waals surface area contributed by atoms with Crippen molar-refractivity contribution < 1.29 is 9.59 Å². The highest BCUT2D eigenvalue weighted by Gasteiger charge is 2.29. The fourth-order valence-electron chi connectivity index (χ4n) is 3.05. The first-order chi connectivity index (χ1) is 12.3. The number of hydrogen-bond acceptors (Lipinski definition) is 4. The summed E-state index contributed by atoms with van der Waals surface area (Å²) in [6, 6.07) is 0.0695. The van der Waals surface area contributed by atoms with Gasteiger partial charge < -0.3 is 15.1 Å².